The average molecular weight is 552 g/mol. The summed E-state index contributed by atoms with van der Waals surface area (Å²) < 4.78 is 55.1. The van der Waals surface area contributed by atoms with Crippen LogP contribution in [0.5, 0.6) is 5.75 Å². The molecular weight excluding hydrogens is 527 g/mol. The van der Waals surface area contributed by atoms with Crippen molar-refractivity contribution in [1.29, 1.82) is 0 Å². The number of carbonyl (C=O) groups excluding carboxylic acids is 1. The molecule has 1 amide bonds. The third-order valence-corrected chi connectivity index (χ3v) is 7.36. The third kappa shape index (κ3) is 5.87. The van der Waals surface area contributed by atoms with Crippen molar-refractivity contribution in [3.8, 4) is 5.75 Å². The molecule has 0 aliphatic carbocycles. The van der Waals surface area contributed by atoms with Gasteiger partial charge in [0.1, 0.15) is 5.58 Å². The zero-order valence-corrected chi connectivity index (χ0v) is 22.0. The molecule has 1 aromatic heterocycles. The van der Waals surface area contributed by atoms with Gasteiger partial charge in [-0.05, 0) is 43.8 Å². The molecule has 10 nitrogen and oxygen atoms in total. The summed E-state index contributed by atoms with van der Waals surface area (Å²) in [5.41, 5.74) is 0.677. The van der Waals surface area contributed by atoms with Crippen LogP contribution in [0.3, 0.4) is 0 Å². The predicted molar refractivity (Wildman–Crippen MR) is 137 cm³/mol. The van der Waals surface area contributed by atoms with Gasteiger partial charge in [0.15, 0.2) is 21.8 Å². The first-order valence-corrected chi connectivity index (χ1v) is 13.1. The molecule has 1 aliphatic heterocycles. The molecule has 2 aromatic carbocycles. The zero-order valence-electron chi connectivity index (χ0n) is 20.4. The van der Waals surface area contributed by atoms with E-state index in [4.69, 9.17) is 20.8 Å². The van der Waals surface area contributed by atoms with Crippen molar-refractivity contribution >= 4 is 44.6 Å². The van der Waals surface area contributed by atoms with Crippen LogP contribution in [-0.4, -0.2) is 58.5 Å². The van der Waals surface area contributed by atoms with Gasteiger partial charge < -0.3 is 18.8 Å². The molecule has 198 valence electrons. The summed E-state index contributed by atoms with van der Waals surface area (Å²) in [7, 11) is 0.203. The van der Waals surface area contributed by atoms with Crippen molar-refractivity contribution in [3.05, 3.63) is 73.0 Å². The molecule has 0 unspecified atom stereocenters. The number of rotatable bonds is 8. The van der Waals surface area contributed by atoms with E-state index in [2.05, 4.69) is 14.3 Å². The van der Waals surface area contributed by atoms with E-state index in [1.54, 1.807) is 12.1 Å². The van der Waals surface area contributed by atoms with Crippen LogP contribution in [0, 0.1) is 5.82 Å². The van der Waals surface area contributed by atoms with E-state index < -0.39 is 27.7 Å². The summed E-state index contributed by atoms with van der Waals surface area (Å²) in [6.45, 7) is 2.00. The van der Waals surface area contributed by atoms with Crippen molar-refractivity contribution in [2.45, 2.75) is 19.4 Å². The highest BCUT2D eigenvalue weighted by Crippen LogP contribution is 2.36. The quantitative estimate of drug-likeness (QED) is 0.421. The molecule has 1 aliphatic rings. The molecule has 0 bridgehead atoms. The summed E-state index contributed by atoms with van der Waals surface area (Å²) in [5.74, 6) is -1.15. The molecule has 13 heteroatoms. The van der Waals surface area contributed by atoms with Crippen LogP contribution in [0.15, 0.2) is 39.5 Å². The summed E-state index contributed by atoms with van der Waals surface area (Å²) in [6, 6.07) is 7.04. The van der Waals surface area contributed by atoms with E-state index in [1.165, 1.54) is 39.3 Å². The number of hydrogen-bond acceptors (Lipinski definition) is 7. The Balaban J connectivity index is 1.81. The number of likely N-dealkylation sites (tertiary alicyclic amines) is 1. The molecule has 3 aromatic rings. The average Bonchev–Trinajstić information content (AvgIpc) is 2.81. The lowest BCUT2D eigenvalue weighted by Gasteiger charge is -2.31. The van der Waals surface area contributed by atoms with Crippen LogP contribution in [0.1, 0.15) is 23.1 Å². The maximum atomic E-state index is 15.0. The van der Waals surface area contributed by atoms with Crippen molar-refractivity contribution < 1.29 is 26.8 Å². The van der Waals surface area contributed by atoms with Gasteiger partial charge in [0.2, 0.25) is 0 Å². The lowest BCUT2D eigenvalue weighted by Crippen LogP contribution is -2.37. The Morgan fingerprint density at radius 3 is 2.62 bits per heavy atom. The fourth-order valence-corrected chi connectivity index (χ4v) is 4.62. The standard InChI is InChI=1S/C24H25ClFN4O6S/c1-27-37(33,34)28-19-7-4-6-14(22(19)25)10-16-17(13-30-8-5-9-30)15-11-18(26)21(36-24(32)29(2)3)12-20(15)35-23(16)31/h4,6-7,11-12,27H,5,8-10,13H2,1-3H3/q-1. The van der Waals surface area contributed by atoms with Crippen molar-refractivity contribution in [2.75, 3.05) is 34.2 Å². The number of fused-ring (bicyclic) bond motifs is 1. The van der Waals surface area contributed by atoms with Crippen LogP contribution in [0.2, 0.25) is 5.02 Å². The first-order chi connectivity index (χ1) is 17.5. The minimum Gasteiger partial charge on any atom is -0.563 e. The first-order valence-electron chi connectivity index (χ1n) is 11.3. The van der Waals surface area contributed by atoms with Gasteiger partial charge in [0.05, 0.1) is 0 Å². The number of carbonyl (C=O) groups is 1. The van der Waals surface area contributed by atoms with Gasteiger partial charge in [-0.1, -0.05) is 29.8 Å². The number of amides is 1. The first kappa shape index (κ1) is 26.9. The van der Waals surface area contributed by atoms with Gasteiger partial charge >= 0.3 is 11.7 Å². The Morgan fingerprint density at radius 1 is 1.27 bits per heavy atom. The van der Waals surface area contributed by atoms with E-state index in [9.17, 15) is 22.4 Å². The highest BCUT2D eigenvalue weighted by Gasteiger charge is 2.23. The molecule has 2 heterocycles. The molecule has 0 atom stereocenters. The highest BCUT2D eigenvalue weighted by atomic mass is 35.5. The third-order valence-electron chi connectivity index (χ3n) is 5.97. The van der Waals surface area contributed by atoms with Crippen LogP contribution < -0.4 is 15.1 Å². The number of hydrogen-bond donors (Lipinski definition) is 1. The zero-order chi connectivity index (χ0) is 26.9. The van der Waals surface area contributed by atoms with Gasteiger partial charge in [0, 0.05) is 49.1 Å². The van der Waals surface area contributed by atoms with Crippen LogP contribution >= 0.6 is 11.6 Å². The summed E-state index contributed by atoms with van der Waals surface area (Å²) in [6.07, 6.45) is 0.226. The number of ether oxygens (including phenoxy) is 1. The SMILES string of the molecule is CNS(=O)(=O)[N-]c1cccc(Cc2c(CN3CCC3)c3cc(F)c(OC(=O)N(C)C)cc3oc2=O)c1Cl. The summed E-state index contributed by atoms with van der Waals surface area (Å²) in [5, 5.41) is 0.422. The Labute approximate surface area is 218 Å². The van der Waals surface area contributed by atoms with Crippen molar-refractivity contribution in [3.63, 3.8) is 0 Å². The Kier molecular flexibility index (Phi) is 7.74. The molecule has 1 fully saturated rings. The number of halogens is 2. The van der Waals surface area contributed by atoms with Gasteiger partial charge in [-0.25, -0.2) is 27.1 Å². The van der Waals surface area contributed by atoms with Gasteiger partial charge in [0.25, 0.3) is 0 Å². The summed E-state index contributed by atoms with van der Waals surface area (Å²) >= 11 is 6.47. The minimum atomic E-state index is -3.94. The second-order valence-electron chi connectivity index (χ2n) is 8.72. The Morgan fingerprint density at radius 2 is 2.00 bits per heavy atom. The van der Waals surface area contributed by atoms with E-state index in [1.807, 2.05) is 0 Å². The minimum absolute atomic E-state index is 0.00221. The molecule has 0 spiro atoms. The summed E-state index contributed by atoms with van der Waals surface area (Å²) in [4.78, 5) is 28.3. The fourth-order valence-electron chi connectivity index (χ4n) is 3.83. The molecule has 1 saturated heterocycles. The predicted octanol–water partition coefficient (Wildman–Crippen LogP) is 3.91. The van der Waals surface area contributed by atoms with E-state index >= 15 is 0 Å². The Hall–Kier alpha value is -3.19. The number of nitrogens with one attached hydrogen (secondary N) is 1. The molecule has 37 heavy (non-hydrogen) atoms. The van der Waals surface area contributed by atoms with Crippen LogP contribution in [-0.2, 0) is 23.2 Å². The topological polar surface area (TPSA) is 123 Å². The lowest BCUT2D eigenvalue weighted by molar-refractivity contribution is 0.170. The Bertz CT molecular complexity index is 1520. The highest BCUT2D eigenvalue weighted by molar-refractivity contribution is 7.92. The maximum Gasteiger partial charge on any atom is 0.414 e. The van der Waals surface area contributed by atoms with Gasteiger partial charge in [-0.2, -0.15) is 0 Å². The van der Waals surface area contributed by atoms with E-state index in [0.717, 1.165) is 24.4 Å². The molecule has 0 radical (unpaired) electrons. The molecule has 1 N–H and O–H groups in total. The smallest absolute Gasteiger partial charge is 0.414 e. The van der Waals surface area contributed by atoms with Gasteiger partial charge in [-0.3, -0.25) is 4.90 Å². The normalized spacial score (nSPS) is 13.9. The monoisotopic (exact) mass is 551 g/mol. The van der Waals surface area contributed by atoms with E-state index in [0.29, 0.717) is 23.1 Å². The number of benzene rings is 2. The van der Waals surface area contributed by atoms with E-state index in [-0.39, 0.29) is 34.0 Å². The molecular formula is C24H25ClFN4O6S-. The lowest BCUT2D eigenvalue weighted by atomic mass is 9.96. The number of nitrogens with zero attached hydrogens (tertiary/aromatic N) is 3. The largest absolute Gasteiger partial charge is 0.563 e. The van der Waals surface area contributed by atoms with Crippen molar-refractivity contribution in [2.24, 2.45) is 0 Å². The van der Waals surface area contributed by atoms with Crippen LogP contribution in [0.25, 0.3) is 15.7 Å². The molecule has 0 saturated carbocycles. The second kappa shape index (κ2) is 10.7. The maximum absolute atomic E-state index is 15.0. The van der Waals surface area contributed by atoms with Gasteiger partial charge in [-0.15, -0.1) is 5.69 Å². The van der Waals surface area contributed by atoms with Crippen LogP contribution in [0.4, 0.5) is 14.9 Å². The van der Waals surface area contributed by atoms with Crippen molar-refractivity contribution in [1.82, 2.24) is 14.5 Å². The molecule has 4 rings (SSSR count). The fraction of sp³-hybridized carbons (Fsp3) is 0.333. The second-order valence-corrected chi connectivity index (χ2v) is 10.6.